The molecule has 2 nitrogen and oxygen atoms in total. The number of benzene rings is 2. The minimum absolute atomic E-state index is 0.206. The van der Waals surface area contributed by atoms with Crippen molar-refractivity contribution in [3.63, 3.8) is 0 Å². The molecule has 0 spiro atoms. The average Bonchev–Trinajstić information content (AvgIpc) is 2.88. The fourth-order valence-corrected chi connectivity index (χ4v) is 3.22. The van der Waals surface area contributed by atoms with Crippen molar-refractivity contribution in [1.29, 1.82) is 0 Å². The van der Waals surface area contributed by atoms with E-state index in [4.69, 9.17) is 5.11 Å². The van der Waals surface area contributed by atoms with Crippen LogP contribution in [0.3, 0.4) is 0 Å². The Balaban J connectivity index is 1.58. The monoisotopic (exact) mass is 280 g/mol. The van der Waals surface area contributed by atoms with Crippen molar-refractivity contribution in [1.82, 2.24) is 0 Å². The zero-order chi connectivity index (χ0) is 14.7. The molecule has 2 aromatic rings. The van der Waals surface area contributed by atoms with Crippen LogP contribution in [0.2, 0.25) is 0 Å². The molecule has 0 aliphatic heterocycles. The molecular weight excluding hydrogens is 260 g/mol. The van der Waals surface area contributed by atoms with Crippen LogP contribution in [0.5, 0.6) is 0 Å². The maximum absolute atomic E-state index is 10.6. The van der Waals surface area contributed by atoms with Crippen LogP contribution in [-0.4, -0.2) is 11.1 Å². The number of aryl methyl sites for hydroxylation is 1. The van der Waals surface area contributed by atoms with Gasteiger partial charge in [-0.3, -0.25) is 4.79 Å². The molecule has 2 heteroatoms. The van der Waals surface area contributed by atoms with Gasteiger partial charge in [-0.25, -0.2) is 0 Å². The van der Waals surface area contributed by atoms with E-state index in [0.717, 1.165) is 12.0 Å². The van der Waals surface area contributed by atoms with Crippen molar-refractivity contribution in [3.8, 4) is 0 Å². The highest BCUT2D eigenvalue weighted by Gasteiger charge is 2.20. The van der Waals surface area contributed by atoms with E-state index in [-0.39, 0.29) is 6.42 Å². The predicted molar refractivity (Wildman–Crippen MR) is 83.4 cm³/mol. The summed E-state index contributed by atoms with van der Waals surface area (Å²) in [4.78, 5) is 10.6. The van der Waals surface area contributed by atoms with E-state index in [0.29, 0.717) is 12.3 Å². The van der Waals surface area contributed by atoms with Crippen LogP contribution in [0.25, 0.3) is 0 Å². The highest BCUT2D eigenvalue weighted by molar-refractivity contribution is 5.67. The Morgan fingerprint density at radius 1 is 0.952 bits per heavy atom. The van der Waals surface area contributed by atoms with Crippen LogP contribution < -0.4 is 0 Å². The molecule has 21 heavy (non-hydrogen) atoms. The van der Waals surface area contributed by atoms with Gasteiger partial charge in [-0.2, -0.15) is 0 Å². The van der Waals surface area contributed by atoms with E-state index in [9.17, 15) is 4.79 Å². The Bertz CT molecular complexity index is 603. The van der Waals surface area contributed by atoms with Crippen LogP contribution in [0.1, 0.15) is 28.7 Å². The molecule has 0 bridgehead atoms. The molecule has 0 saturated heterocycles. The van der Waals surface area contributed by atoms with Crippen molar-refractivity contribution in [2.45, 2.75) is 32.1 Å². The molecule has 0 saturated carbocycles. The molecule has 0 radical (unpaired) electrons. The maximum Gasteiger partial charge on any atom is 0.303 e. The molecule has 1 aliphatic rings. The minimum Gasteiger partial charge on any atom is -0.481 e. The molecule has 0 fully saturated rings. The fraction of sp³-hybridized carbons (Fsp3) is 0.316. The predicted octanol–water partition coefficient (Wildman–Crippen LogP) is 3.66. The molecule has 3 rings (SSSR count). The fourth-order valence-electron chi connectivity index (χ4n) is 3.22. The van der Waals surface area contributed by atoms with Gasteiger partial charge in [0.25, 0.3) is 0 Å². The van der Waals surface area contributed by atoms with Crippen molar-refractivity contribution >= 4 is 5.97 Å². The molecule has 1 aliphatic carbocycles. The van der Waals surface area contributed by atoms with Crippen LogP contribution in [0.4, 0.5) is 0 Å². The Morgan fingerprint density at radius 3 is 2.10 bits per heavy atom. The van der Waals surface area contributed by atoms with Gasteiger partial charge in [-0.05, 0) is 53.9 Å². The third kappa shape index (κ3) is 3.52. The lowest BCUT2D eigenvalue weighted by molar-refractivity contribution is -0.136. The first kappa shape index (κ1) is 13.9. The summed E-state index contributed by atoms with van der Waals surface area (Å²) in [5.74, 6) is -0.0323. The molecule has 1 N–H and O–H groups in total. The maximum atomic E-state index is 10.6. The lowest BCUT2D eigenvalue weighted by Crippen LogP contribution is -2.04. The zero-order valence-corrected chi connectivity index (χ0v) is 12.1. The summed E-state index contributed by atoms with van der Waals surface area (Å²) in [7, 11) is 0. The average molecular weight is 280 g/mol. The largest absolute Gasteiger partial charge is 0.481 e. The summed E-state index contributed by atoms with van der Waals surface area (Å²) >= 11 is 0. The molecule has 2 aromatic carbocycles. The summed E-state index contributed by atoms with van der Waals surface area (Å²) in [6.45, 7) is 0. The van der Waals surface area contributed by atoms with Crippen molar-refractivity contribution in [2.24, 2.45) is 5.92 Å². The van der Waals surface area contributed by atoms with E-state index < -0.39 is 5.97 Å². The minimum atomic E-state index is -0.734. The lowest BCUT2D eigenvalue weighted by atomic mass is 9.95. The highest BCUT2D eigenvalue weighted by atomic mass is 16.4. The number of hydrogen-bond acceptors (Lipinski definition) is 1. The second kappa shape index (κ2) is 6.13. The second-order valence-corrected chi connectivity index (χ2v) is 5.96. The Kier molecular flexibility index (Phi) is 4.05. The standard InChI is InChI=1S/C19H20O2/c20-19(21)10-9-14-5-7-15(8-6-14)11-16-12-17-3-1-2-4-18(17)13-16/h1-8,16H,9-13H2,(H,20,21). The summed E-state index contributed by atoms with van der Waals surface area (Å²) in [5, 5.41) is 8.70. The zero-order valence-electron chi connectivity index (χ0n) is 12.1. The number of hydrogen-bond donors (Lipinski definition) is 1. The number of carbonyl (C=O) groups is 1. The van der Waals surface area contributed by atoms with Crippen LogP contribution in [0.15, 0.2) is 48.5 Å². The van der Waals surface area contributed by atoms with E-state index in [1.54, 1.807) is 0 Å². The van der Waals surface area contributed by atoms with Gasteiger partial charge >= 0.3 is 5.97 Å². The Hall–Kier alpha value is -2.09. The van der Waals surface area contributed by atoms with E-state index >= 15 is 0 Å². The summed E-state index contributed by atoms with van der Waals surface area (Å²) in [6.07, 6.45) is 4.28. The number of fused-ring (bicyclic) bond motifs is 1. The van der Waals surface area contributed by atoms with E-state index in [1.807, 2.05) is 0 Å². The first-order chi connectivity index (χ1) is 10.2. The van der Waals surface area contributed by atoms with E-state index in [1.165, 1.54) is 29.5 Å². The quantitative estimate of drug-likeness (QED) is 0.907. The van der Waals surface area contributed by atoms with Crippen molar-refractivity contribution in [3.05, 3.63) is 70.8 Å². The summed E-state index contributed by atoms with van der Waals surface area (Å²) in [5.41, 5.74) is 5.46. The molecule has 0 amide bonds. The molecule has 0 heterocycles. The molecule has 0 aromatic heterocycles. The third-order valence-corrected chi connectivity index (χ3v) is 4.31. The summed E-state index contributed by atoms with van der Waals surface area (Å²) < 4.78 is 0. The van der Waals surface area contributed by atoms with Crippen LogP contribution >= 0.6 is 0 Å². The topological polar surface area (TPSA) is 37.3 Å². The number of aliphatic carboxylic acids is 1. The van der Waals surface area contributed by atoms with Crippen molar-refractivity contribution < 1.29 is 9.90 Å². The van der Waals surface area contributed by atoms with Gasteiger partial charge in [0, 0.05) is 6.42 Å². The van der Waals surface area contributed by atoms with E-state index in [2.05, 4.69) is 48.5 Å². The normalized spacial score (nSPS) is 14.1. The summed E-state index contributed by atoms with van der Waals surface area (Å²) in [6, 6.07) is 17.2. The van der Waals surface area contributed by atoms with Gasteiger partial charge in [0.15, 0.2) is 0 Å². The Labute approximate surface area is 125 Å². The van der Waals surface area contributed by atoms with Gasteiger partial charge < -0.3 is 5.11 Å². The van der Waals surface area contributed by atoms with Crippen LogP contribution in [0, 0.1) is 5.92 Å². The van der Waals surface area contributed by atoms with Gasteiger partial charge in [-0.15, -0.1) is 0 Å². The number of carboxylic acids is 1. The molecule has 0 atom stereocenters. The molecular formula is C19H20O2. The van der Waals surface area contributed by atoms with Gasteiger partial charge in [0.05, 0.1) is 0 Å². The molecule has 108 valence electrons. The molecule has 0 unspecified atom stereocenters. The lowest BCUT2D eigenvalue weighted by Gasteiger charge is -2.09. The van der Waals surface area contributed by atoms with Gasteiger partial charge in [0.1, 0.15) is 0 Å². The highest BCUT2D eigenvalue weighted by Crippen LogP contribution is 2.28. The van der Waals surface area contributed by atoms with Gasteiger partial charge in [0.2, 0.25) is 0 Å². The second-order valence-electron chi connectivity index (χ2n) is 5.96. The number of rotatable bonds is 5. The third-order valence-electron chi connectivity index (χ3n) is 4.31. The Morgan fingerprint density at radius 2 is 1.52 bits per heavy atom. The van der Waals surface area contributed by atoms with Crippen molar-refractivity contribution in [2.75, 3.05) is 0 Å². The smallest absolute Gasteiger partial charge is 0.303 e. The first-order valence-electron chi connectivity index (χ1n) is 7.57. The van der Waals surface area contributed by atoms with Gasteiger partial charge in [-0.1, -0.05) is 48.5 Å². The number of carboxylic acid groups (broad SMARTS) is 1. The SMILES string of the molecule is O=C(O)CCc1ccc(CC2Cc3ccccc3C2)cc1. The first-order valence-corrected chi connectivity index (χ1v) is 7.57. The van der Waals surface area contributed by atoms with Crippen LogP contribution in [-0.2, 0) is 30.5 Å².